The predicted molar refractivity (Wildman–Crippen MR) is 49.5 cm³/mol. The number of fused-ring (bicyclic) bond motifs is 1. The van der Waals surface area contributed by atoms with E-state index in [0.29, 0.717) is 0 Å². The minimum Gasteiger partial charge on any atom is -0.241 e. The Morgan fingerprint density at radius 1 is 1.45 bits per heavy atom. The average molecular weight is 260 g/mol. The van der Waals surface area contributed by atoms with Gasteiger partial charge in [-0.05, 0) is 6.92 Å². The molecule has 2 aromatic rings. The molecule has 11 heavy (non-hydrogen) atoms. The maximum Gasteiger partial charge on any atom is 0.171 e. The summed E-state index contributed by atoms with van der Waals surface area (Å²) in [5.74, 6) is 0. The SMILES string of the molecule is Cc1ncnc2c1cnn2I. The number of hydrogen-bond acceptors (Lipinski definition) is 3. The van der Waals surface area contributed by atoms with E-state index in [9.17, 15) is 0 Å². The third-order valence-corrected chi connectivity index (χ3v) is 2.23. The van der Waals surface area contributed by atoms with E-state index in [0.717, 1.165) is 16.7 Å². The third kappa shape index (κ3) is 0.991. The van der Waals surface area contributed by atoms with E-state index in [1.165, 1.54) is 0 Å². The van der Waals surface area contributed by atoms with Gasteiger partial charge < -0.3 is 0 Å². The molecule has 5 heteroatoms. The predicted octanol–water partition coefficient (Wildman–Crippen LogP) is 1.33. The highest BCUT2D eigenvalue weighted by Crippen LogP contribution is 2.13. The minimum atomic E-state index is 0.873. The quantitative estimate of drug-likeness (QED) is 0.671. The lowest BCUT2D eigenvalue weighted by molar-refractivity contribution is 1.05. The molecule has 0 spiro atoms. The van der Waals surface area contributed by atoms with Crippen LogP contribution in [0.15, 0.2) is 12.5 Å². The standard InChI is InChI=1S/C6H5IN4/c1-4-5-2-10-11(7)6(5)9-3-8-4/h2-3H,1H3. The molecule has 0 bridgehead atoms. The maximum absolute atomic E-state index is 4.08. The van der Waals surface area contributed by atoms with E-state index in [4.69, 9.17) is 0 Å². The first kappa shape index (κ1) is 6.96. The maximum atomic E-state index is 4.08. The Hall–Kier alpha value is -0.720. The summed E-state index contributed by atoms with van der Waals surface area (Å²) >= 11 is 2.09. The second kappa shape index (κ2) is 2.40. The van der Waals surface area contributed by atoms with Crippen LogP contribution in [-0.4, -0.2) is 18.0 Å². The van der Waals surface area contributed by atoms with E-state index in [1.807, 2.05) is 6.92 Å². The molecule has 0 aliphatic rings. The van der Waals surface area contributed by atoms with Gasteiger partial charge in [0.25, 0.3) is 0 Å². The number of nitrogens with zero attached hydrogens (tertiary/aromatic N) is 4. The molecule has 0 aromatic carbocycles. The van der Waals surface area contributed by atoms with E-state index in [1.54, 1.807) is 15.4 Å². The van der Waals surface area contributed by atoms with Gasteiger partial charge in [0.15, 0.2) is 5.65 Å². The molecule has 0 radical (unpaired) electrons. The van der Waals surface area contributed by atoms with E-state index >= 15 is 0 Å². The third-order valence-electron chi connectivity index (χ3n) is 1.53. The highest BCUT2D eigenvalue weighted by molar-refractivity contribution is 14.1. The Morgan fingerprint density at radius 3 is 3.00 bits per heavy atom. The van der Waals surface area contributed by atoms with Crippen LogP contribution in [0.1, 0.15) is 5.69 Å². The lowest BCUT2D eigenvalue weighted by Gasteiger charge is -1.91. The second-order valence-electron chi connectivity index (χ2n) is 2.20. The molecular weight excluding hydrogens is 255 g/mol. The summed E-state index contributed by atoms with van der Waals surface area (Å²) < 4.78 is 1.71. The summed E-state index contributed by atoms with van der Waals surface area (Å²) in [6.45, 7) is 1.95. The van der Waals surface area contributed by atoms with Gasteiger partial charge in [0.05, 0.1) is 40.1 Å². The normalized spacial score (nSPS) is 10.7. The van der Waals surface area contributed by atoms with Gasteiger partial charge in [-0.1, -0.05) is 0 Å². The van der Waals surface area contributed by atoms with Gasteiger partial charge in [-0.15, -0.1) is 0 Å². The Balaban J connectivity index is 2.94. The molecule has 0 N–H and O–H groups in total. The van der Waals surface area contributed by atoms with Gasteiger partial charge >= 0.3 is 0 Å². The van der Waals surface area contributed by atoms with Crippen molar-refractivity contribution in [2.75, 3.05) is 0 Å². The summed E-state index contributed by atoms with van der Waals surface area (Å²) in [5.41, 5.74) is 1.84. The molecule has 2 rings (SSSR count). The van der Waals surface area contributed by atoms with Crippen molar-refractivity contribution < 1.29 is 0 Å². The van der Waals surface area contributed by atoms with Crippen LogP contribution in [0.3, 0.4) is 0 Å². The zero-order valence-electron chi connectivity index (χ0n) is 5.82. The lowest BCUT2D eigenvalue weighted by atomic mass is 10.3. The van der Waals surface area contributed by atoms with Gasteiger partial charge in [-0.3, -0.25) is 0 Å². The smallest absolute Gasteiger partial charge is 0.171 e. The summed E-state index contributed by atoms with van der Waals surface area (Å²) in [5, 5.41) is 5.07. The molecule has 0 saturated heterocycles. The van der Waals surface area contributed by atoms with E-state index < -0.39 is 0 Å². The molecule has 4 nitrogen and oxygen atoms in total. The van der Waals surface area contributed by atoms with Crippen LogP contribution in [0, 0.1) is 6.92 Å². The Labute approximate surface area is 77.1 Å². The zero-order chi connectivity index (χ0) is 7.84. The van der Waals surface area contributed by atoms with Crippen molar-refractivity contribution in [3.8, 4) is 0 Å². The van der Waals surface area contributed by atoms with Gasteiger partial charge in [-0.25, -0.2) is 9.97 Å². The van der Waals surface area contributed by atoms with Gasteiger partial charge in [0, 0.05) is 0 Å². The Morgan fingerprint density at radius 2 is 2.27 bits per heavy atom. The number of rotatable bonds is 0. The lowest BCUT2D eigenvalue weighted by Crippen LogP contribution is -1.87. The van der Waals surface area contributed by atoms with Crippen LogP contribution in [0.5, 0.6) is 0 Å². The highest BCUT2D eigenvalue weighted by atomic mass is 127. The van der Waals surface area contributed by atoms with Crippen LogP contribution in [0.4, 0.5) is 0 Å². The topological polar surface area (TPSA) is 43.6 Å². The molecule has 0 saturated carbocycles. The van der Waals surface area contributed by atoms with Crippen molar-refractivity contribution in [2.24, 2.45) is 0 Å². The van der Waals surface area contributed by atoms with E-state index in [-0.39, 0.29) is 0 Å². The zero-order valence-corrected chi connectivity index (χ0v) is 7.98. The summed E-state index contributed by atoms with van der Waals surface area (Å²) in [7, 11) is 0. The molecule has 0 unspecified atom stereocenters. The van der Waals surface area contributed by atoms with Crippen molar-refractivity contribution in [3.05, 3.63) is 18.2 Å². The van der Waals surface area contributed by atoms with Gasteiger partial charge in [0.1, 0.15) is 6.33 Å². The van der Waals surface area contributed by atoms with Crippen LogP contribution in [0.25, 0.3) is 11.0 Å². The molecule has 2 heterocycles. The monoisotopic (exact) mass is 260 g/mol. The molecule has 2 aromatic heterocycles. The van der Waals surface area contributed by atoms with Crippen LogP contribution < -0.4 is 0 Å². The van der Waals surface area contributed by atoms with Crippen LogP contribution >= 0.6 is 22.9 Å². The van der Waals surface area contributed by atoms with Crippen LogP contribution in [0.2, 0.25) is 0 Å². The van der Waals surface area contributed by atoms with Crippen molar-refractivity contribution in [3.63, 3.8) is 0 Å². The van der Waals surface area contributed by atoms with Crippen molar-refractivity contribution in [2.45, 2.75) is 6.92 Å². The Kier molecular flexibility index (Phi) is 1.52. The molecule has 0 fully saturated rings. The van der Waals surface area contributed by atoms with Gasteiger partial charge in [-0.2, -0.15) is 7.99 Å². The first-order valence-corrected chi connectivity index (χ1v) is 4.07. The molecule has 0 aliphatic heterocycles. The first-order valence-electron chi connectivity index (χ1n) is 3.10. The van der Waals surface area contributed by atoms with Crippen molar-refractivity contribution in [1.82, 2.24) is 18.0 Å². The fraction of sp³-hybridized carbons (Fsp3) is 0.167. The number of hydrogen-bond donors (Lipinski definition) is 0. The van der Waals surface area contributed by atoms with Crippen molar-refractivity contribution >= 4 is 33.9 Å². The average Bonchev–Trinajstić information content (AvgIpc) is 2.35. The van der Waals surface area contributed by atoms with Gasteiger partial charge in [0.2, 0.25) is 0 Å². The fourth-order valence-corrected chi connectivity index (χ4v) is 1.44. The molecular formula is C6H5IN4. The summed E-state index contributed by atoms with van der Waals surface area (Å²) in [6.07, 6.45) is 3.33. The second-order valence-corrected chi connectivity index (χ2v) is 3.11. The molecule has 0 atom stereocenters. The number of aryl methyl sites for hydroxylation is 1. The molecule has 0 amide bonds. The molecule has 56 valence electrons. The first-order chi connectivity index (χ1) is 5.29. The molecule has 0 aliphatic carbocycles. The number of halogens is 1. The highest BCUT2D eigenvalue weighted by Gasteiger charge is 2.03. The minimum absolute atomic E-state index is 0.873. The van der Waals surface area contributed by atoms with Crippen LogP contribution in [-0.2, 0) is 0 Å². The fourth-order valence-electron chi connectivity index (χ4n) is 0.932. The van der Waals surface area contributed by atoms with Crippen molar-refractivity contribution in [1.29, 1.82) is 0 Å². The van der Waals surface area contributed by atoms with E-state index in [2.05, 4.69) is 37.9 Å². The summed E-state index contributed by atoms with van der Waals surface area (Å²) in [6, 6.07) is 0. The Bertz CT molecular complexity index is 394. The summed E-state index contributed by atoms with van der Waals surface area (Å²) in [4.78, 5) is 8.14. The largest absolute Gasteiger partial charge is 0.241 e. The number of aromatic nitrogens is 4.